The van der Waals surface area contributed by atoms with Crippen LogP contribution in [0.5, 0.6) is 11.5 Å². The zero-order valence-electron chi connectivity index (χ0n) is 15.8. The number of para-hydroxylation sites is 1. The van der Waals surface area contributed by atoms with Gasteiger partial charge in [-0.1, -0.05) is 12.1 Å². The van der Waals surface area contributed by atoms with E-state index in [1.807, 2.05) is 0 Å². The van der Waals surface area contributed by atoms with E-state index in [0.29, 0.717) is 5.69 Å². The Kier molecular flexibility index (Phi) is 2.30. The van der Waals surface area contributed by atoms with Gasteiger partial charge in [-0.3, -0.25) is 4.99 Å². The van der Waals surface area contributed by atoms with Crippen molar-refractivity contribution in [3.63, 3.8) is 0 Å². The first-order valence-electron chi connectivity index (χ1n) is 8.34. The summed E-state index contributed by atoms with van der Waals surface area (Å²) in [5.41, 5.74) is 0.462. The quantitative estimate of drug-likeness (QED) is 0.791. The molecular formula is C15H14FNO2. The van der Waals surface area contributed by atoms with E-state index in [0.717, 1.165) is 0 Å². The SMILES string of the molecule is [2H]C([2H])([2H])Oc1cccc(/C=N\c2cccc(F)c2)c1OC([2H])([2H])[2H]. The lowest BCUT2D eigenvalue weighted by atomic mass is 10.2. The van der Waals surface area contributed by atoms with Crippen molar-refractivity contribution in [3.05, 3.63) is 53.8 Å². The average Bonchev–Trinajstić information content (AvgIpc) is 2.45. The van der Waals surface area contributed by atoms with Crippen LogP contribution >= 0.6 is 0 Å². The van der Waals surface area contributed by atoms with E-state index in [9.17, 15) is 4.39 Å². The van der Waals surface area contributed by atoms with Gasteiger partial charge in [0.15, 0.2) is 11.5 Å². The summed E-state index contributed by atoms with van der Waals surface area (Å²) in [5.74, 6) is -1.04. The molecule has 2 aromatic carbocycles. The molecule has 0 saturated heterocycles. The highest BCUT2D eigenvalue weighted by Gasteiger charge is 2.07. The van der Waals surface area contributed by atoms with E-state index in [-0.39, 0.29) is 17.1 Å². The zero-order valence-corrected chi connectivity index (χ0v) is 9.76. The smallest absolute Gasteiger partial charge is 0.169 e. The number of hydrogen-bond acceptors (Lipinski definition) is 3. The molecule has 0 aliphatic carbocycles. The first kappa shape index (κ1) is 7.28. The minimum atomic E-state index is -2.82. The summed E-state index contributed by atoms with van der Waals surface area (Å²) >= 11 is 0. The Bertz CT molecular complexity index is 773. The number of ether oxygens (including phenoxy) is 2. The van der Waals surface area contributed by atoms with Crippen molar-refractivity contribution in [2.45, 2.75) is 0 Å². The highest BCUT2D eigenvalue weighted by molar-refractivity contribution is 5.86. The summed E-state index contributed by atoms with van der Waals surface area (Å²) in [4.78, 5) is 4.04. The van der Waals surface area contributed by atoms with E-state index in [2.05, 4.69) is 4.99 Å². The topological polar surface area (TPSA) is 30.8 Å². The Hall–Kier alpha value is -2.36. The molecule has 0 aliphatic heterocycles. The molecular weight excluding hydrogens is 245 g/mol. The molecule has 0 radical (unpaired) electrons. The molecule has 2 aromatic rings. The largest absolute Gasteiger partial charge is 0.493 e. The van der Waals surface area contributed by atoms with E-state index in [1.54, 1.807) is 6.07 Å². The summed E-state index contributed by atoms with van der Waals surface area (Å²) in [6.45, 7) is 0. The summed E-state index contributed by atoms with van der Waals surface area (Å²) in [6, 6.07) is 9.66. The van der Waals surface area contributed by atoms with Crippen LogP contribution in [0.3, 0.4) is 0 Å². The van der Waals surface area contributed by atoms with Crippen LogP contribution in [0.4, 0.5) is 10.1 Å². The number of nitrogens with zero attached hydrogens (tertiary/aromatic N) is 1. The maximum atomic E-state index is 13.2. The molecule has 0 amide bonds. The van der Waals surface area contributed by atoms with Gasteiger partial charge in [-0.2, -0.15) is 0 Å². The Morgan fingerprint density at radius 3 is 2.79 bits per heavy atom. The van der Waals surface area contributed by atoms with Crippen LogP contribution in [0.15, 0.2) is 47.5 Å². The number of methoxy groups -OCH3 is 2. The third-order valence-corrected chi connectivity index (χ3v) is 2.38. The molecule has 0 N–H and O–H groups in total. The first-order valence-corrected chi connectivity index (χ1v) is 5.34. The van der Waals surface area contributed by atoms with Gasteiger partial charge in [-0.25, -0.2) is 4.39 Å². The summed E-state index contributed by atoms with van der Waals surface area (Å²) in [5, 5.41) is 0. The molecule has 0 heterocycles. The Morgan fingerprint density at radius 2 is 2.00 bits per heavy atom. The molecule has 2 rings (SSSR count). The molecule has 0 aliphatic rings. The molecule has 0 aromatic heterocycles. The van der Waals surface area contributed by atoms with Gasteiger partial charge in [0.25, 0.3) is 0 Å². The van der Waals surface area contributed by atoms with E-state index in [4.69, 9.17) is 17.7 Å². The maximum Gasteiger partial charge on any atom is 0.169 e. The first-order chi connectivity index (χ1) is 11.5. The van der Waals surface area contributed by atoms with Gasteiger partial charge in [0.1, 0.15) is 5.82 Å². The fourth-order valence-electron chi connectivity index (χ4n) is 1.52. The van der Waals surface area contributed by atoms with E-state index >= 15 is 0 Å². The van der Waals surface area contributed by atoms with E-state index < -0.39 is 19.9 Å². The van der Waals surface area contributed by atoms with Crippen LogP contribution in [0.1, 0.15) is 13.8 Å². The Balaban J connectivity index is 2.43. The monoisotopic (exact) mass is 265 g/mol. The fourth-order valence-corrected chi connectivity index (χ4v) is 1.52. The van der Waals surface area contributed by atoms with Crippen molar-refractivity contribution >= 4 is 11.9 Å². The van der Waals surface area contributed by atoms with Gasteiger partial charge < -0.3 is 9.47 Å². The van der Waals surface area contributed by atoms with Gasteiger partial charge in [0, 0.05) is 11.8 Å². The summed E-state index contributed by atoms with van der Waals surface area (Å²) in [6.07, 6.45) is 1.24. The van der Waals surface area contributed by atoms with Crippen molar-refractivity contribution in [2.75, 3.05) is 14.1 Å². The lowest BCUT2D eigenvalue weighted by Crippen LogP contribution is -1.94. The average molecular weight is 265 g/mol. The molecule has 0 unspecified atom stereocenters. The van der Waals surface area contributed by atoms with Gasteiger partial charge in [-0.15, -0.1) is 0 Å². The van der Waals surface area contributed by atoms with Crippen LogP contribution in [-0.4, -0.2) is 20.3 Å². The Morgan fingerprint density at radius 1 is 1.16 bits per heavy atom. The van der Waals surface area contributed by atoms with Crippen molar-refractivity contribution in [1.29, 1.82) is 0 Å². The third kappa shape index (κ3) is 3.10. The normalized spacial score (nSPS) is 16.7. The molecule has 19 heavy (non-hydrogen) atoms. The van der Waals surface area contributed by atoms with Crippen LogP contribution in [0, 0.1) is 5.82 Å². The highest BCUT2D eigenvalue weighted by atomic mass is 19.1. The molecule has 0 saturated carbocycles. The number of rotatable bonds is 4. The molecule has 0 spiro atoms. The fraction of sp³-hybridized carbons (Fsp3) is 0.133. The standard InChI is InChI=1S/C15H14FNO2/c1-18-14-8-3-5-11(15(14)19-2)10-17-13-7-4-6-12(16)9-13/h3-10H,1-2H3/b17-10-/i1D3,2D3. The molecule has 3 nitrogen and oxygen atoms in total. The maximum absolute atomic E-state index is 13.2. The van der Waals surface area contributed by atoms with Crippen molar-refractivity contribution in [1.82, 2.24) is 0 Å². The van der Waals surface area contributed by atoms with Gasteiger partial charge in [0.05, 0.1) is 28.0 Å². The van der Waals surface area contributed by atoms with Crippen LogP contribution in [0.2, 0.25) is 0 Å². The van der Waals surface area contributed by atoms with Crippen molar-refractivity contribution < 1.29 is 22.1 Å². The Labute approximate surface area is 119 Å². The molecule has 98 valence electrons. The van der Waals surface area contributed by atoms with Crippen LogP contribution < -0.4 is 9.47 Å². The van der Waals surface area contributed by atoms with E-state index in [1.165, 1.54) is 42.6 Å². The van der Waals surface area contributed by atoms with Crippen LogP contribution in [0.25, 0.3) is 0 Å². The minimum Gasteiger partial charge on any atom is -0.493 e. The van der Waals surface area contributed by atoms with Crippen molar-refractivity contribution in [2.24, 2.45) is 4.99 Å². The zero-order chi connectivity index (χ0) is 18.7. The van der Waals surface area contributed by atoms with Crippen molar-refractivity contribution in [3.8, 4) is 11.5 Å². The predicted molar refractivity (Wildman–Crippen MR) is 73.2 cm³/mol. The van der Waals surface area contributed by atoms with Crippen LogP contribution in [-0.2, 0) is 0 Å². The number of hydrogen-bond donors (Lipinski definition) is 0. The number of aliphatic imine (C=N–C) groups is 1. The van der Waals surface area contributed by atoms with Gasteiger partial charge >= 0.3 is 0 Å². The third-order valence-electron chi connectivity index (χ3n) is 2.38. The van der Waals surface area contributed by atoms with Gasteiger partial charge in [-0.05, 0) is 30.3 Å². The molecule has 4 heteroatoms. The molecule has 0 atom stereocenters. The summed E-state index contributed by atoms with van der Waals surface area (Å²) in [7, 11) is -5.61. The van der Waals surface area contributed by atoms with Gasteiger partial charge in [0.2, 0.25) is 0 Å². The highest BCUT2D eigenvalue weighted by Crippen LogP contribution is 2.29. The summed E-state index contributed by atoms with van der Waals surface area (Å²) < 4.78 is 66.1. The number of benzene rings is 2. The molecule has 0 bridgehead atoms. The second kappa shape index (κ2) is 6.00. The lowest BCUT2D eigenvalue weighted by molar-refractivity contribution is 0.354. The lowest BCUT2D eigenvalue weighted by Gasteiger charge is -2.09. The second-order valence-electron chi connectivity index (χ2n) is 3.62. The minimum absolute atomic E-state index is 0.169. The predicted octanol–water partition coefficient (Wildman–Crippen LogP) is 3.59. The second-order valence-corrected chi connectivity index (χ2v) is 3.62. The number of halogens is 1. The molecule has 0 fully saturated rings.